The van der Waals surface area contributed by atoms with Crippen LogP contribution in [0.3, 0.4) is 0 Å². The number of carbonyl (C=O) groups is 1. The topological polar surface area (TPSA) is 131 Å². The third-order valence-corrected chi connectivity index (χ3v) is 9.41. The summed E-state index contributed by atoms with van der Waals surface area (Å²) in [5.41, 5.74) is 9.72. The van der Waals surface area contributed by atoms with Crippen molar-refractivity contribution in [3.8, 4) is 23.8 Å². The molecule has 0 radical (unpaired) electrons. The minimum Gasteiger partial charge on any atom is -0.504 e. The van der Waals surface area contributed by atoms with Crippen LogP contribution in [0.5, 0.6) is 11.5 Å². The van der Waals surface area contributed by atoms with Gasteiger partial charge in [-0.1, -0.05) is 23.2 Å². The number of phenols is 1. The van der Waals surface area contributed by atoms with E-state index < -0.39 is 17.1 Å². The highest BCUT2D eigenvalue weighted by Gasteiger charge is 2.73. The maximum atomic E-state index is 13.3. The second-order valence-corrected chi connectivity index (χ2v) is 11.2. The average Bonchev–Trinajstić information content (AvgIpc) is 3.21. The van der Waals surface area contributed by atoms with Crippen LogP contribution in [0.15, 0.2) is 35.4 Å². The number of carbonyl (C=O) groups excluding carboxylic acids is 1. The van der Waals surface area contributed by atoms with Gasteiger partial charge in [-0.2, -0.15) is 0 Å². The highest BCUT2D eigenvalue weighted by Crippen LogP contribution is 2.65. The van der Waals surface area contributed by atoms with Crippen molar-refractivity contribution < 1.29 is 19.7 Å². The van der Waals surface area contributed by atoms with Gasteiger partial charge in [-0.25, -0.2) is 0 Å². The summed E-state index contributed by atoms with van der Waals surface area (Å²) in [6.45, 7) is 1.16. The minimum absolute atomic E-state index is 0.0534. The van der Waals surface area contributed by atoms with Gasteiger partial charge in [0.2, 0.25) is 0 Å². The Morgan fingerprint density at radius 3 is 2.97 bits per heavy atom. The average molecular weight is 597 g/mol. The molecule has 6 rings (SSSR count). The fraction of sp³-hybridized carbons (Fsp3) is 0.423. The molecule has 1 saturated carbocycles. The van der Waals surface area contributed by atoms with Gasteiger partial charge in [-0.15, -0.1) is 6.42 Å². The van der Waals surface area contributed by atoms with E-state index in [4.69, 9.17) is 16.7 Å². The summed E-state index contributed by atoms with van der Waals surface area (Å²) in [6, 6.07) is 7.96. The van der Waals surface area contributed by atoms with Gasteiger partial charge < -0.3 is 20.3 Å². The largest absolute Gasteiger partial charge is 0.504 e. The Kier molecular flexibility index (Phi) is 5.39. The van der Waals surface area contributed by atoms with E-state index in [1.807, 2.05) is 28.7 Å². The van der Waals surface area contributed by atoms with Crippen molar-refractivity contribution in [3.63, 3.8) is 0 Å². The molecule has 0 unspecified atom stereocenters. The number of aromatic hydroxyl groups is 1. The molecule has 2 aromatic carbocycles. The van der Waals surface area contributed by atoms with E-state index in [1.165, 1.54) is 0 Å². The predicted molar refractivity (Wildman–Crippen MR) is 140 cm³/mol. The number of amides is 1. The summed E-state index contributed by atoms with van der Waals surface area (Å²) in [4.78, 5) is 18.3. The van der Waals surface area contributed by atoms with Crippen LogP contribution in [0.4, 0.5) is 5.69 Å². The summed E-state index contributed by atoms with van der Waals surface area (Å²) >= 11 is 2.04. The van der Waals surface area contributed by atoms with Crippen molar-refractivity contribution in [1.29, 1.82) is 0 Å². The van der Waals surface area contributed by atoms with E-state index in [9.17, 15) is 15.0 Å². The summed E-state index contributed by atoms with van der Waals surface area (Å²) in [6.07, 6.45) is 7.37. The standard InChI is InChI=1S/C26H24IN5O4/c1-2-10-32-11-9-25-21-14-4-6-19(33)22(21)36-23(25)18(7-8-26(25,35)20(32)13-14)29-24(34)15-3-5-17(30-31-28)16(27)12-15/h1,3-6,12,18,20,23,33,35H,7-11,13H2,(H,29,34)/t18-,20+,23+,25+,26-/m1/s1. The number of halogens is 1. The highest BCUT2D eigenvalue weighted by atomic mass is 127. The van der Waals surface area contributed by atoms with Gasteiger partial charge in [-0.3, -0.25) is 9.69 Å². The molecule has 2 heterocycles. The van der Waals surface area contributed by atoms with Crippen LogP contribution >= 0.6 is 22.6 Å². The number of benzene rings is 2. The molecule has 2 aromatic rings. The van der Waals surface area contributed by atoms with Crippen molar-refractivity contribution in [2.75, 3.05) is 13.1 Å². The number of terminal acetylenes is 1. The summed E-state index contributed by atoms with van der Waals surface area (Å²) in [5.74, 6) is 2.95. The molecule has 3 N–H and O–H groups in total. The van der Waals surface area contributed by atoms with Gasteiger partial charge in [0.15, 0.2) is 11.5 Å². The number of ether oxygens (including phenoxy) is 1. The zero-order chi connectivity index (χ0) is 25.2. The molecule has 184 valence electrons. The number of nitrogens with one attached hydrogen (secondary N) is 1. The van der Waals surface area contributed by atoms with Crippen LogP contribution in [0, 0.1) is 15.9 Å². The third-order valence-electron chi connectivity index (χ3n) is 8.55. The van der Waals surface area contributed by atoms with Crippen molar-refractivity contribution in [3.05, 3.63) is 61.0 Å². The van der Waals surface area contributed by atoms with Crippen molar-refractivity contribution >= 4 is 34.2 Å². The van der Waals surface area contributed by atoms with Crippen molar-refractivity contribution in [1.82, 2.24) is 10.2 Å². The van der Waals surface area contributed by atoms with Gasteiger partial charge >= 0.3 is 0 Å². The van der Waals surface area contributed by atoms with E-state index in [0.29, 0.717) is 59.3 Å². The van der Waals surface area contributed by atoms with Crippen LogP contribution in [0.2, 0.25) is 0 Å². The number of hydrogen-bond donors (Lipinski definition) is 3. The summed E-state index contributed by atoms with van der Waals surface area (Å²) in [5, 5.41) is 29.8. The molecule has 2 bridgehead atoms. The first-order valence-electron chi connectivity index (χ1n) is 11.9. The Morgan fingerprint density at radius 2 is 2.22 bits per heavy atom. The minimum atomic E-state index is -1.09. The van der Waals surface area contributed by atoms with E-state index in [-0.39, 0.29) is 23.7 Å². The molecule has 1 spiro atoms. The Hall–Kier alpha value is -2.97. The normalized spacial score (nSPS) is 31.4. The van der Waals surface area contributed by atoms with Crippen molar-refractivity contribution in [2.24, 2.45) is 5.11 Å². The number of azide groups is 1. The van der Waals surface area contributed by atoms with E-state index >= 15 is 0 Å². The van der Waals surface area contributed by atoms with Gasteiger partial charge in [0.05, 0.1) is 29.3 Å². The highest BCUT2D eigenvalue weighted by molar-refractivity contribution is 14.1. The van der Waals surface area contributed by atoms with E-state index in [1.54, 1.807) is 24.3 Å². The first-order valence-corrected chi connectivity index (χ1v) is 13.0. The number of phenolic OH excluding ortho intramolecular Hbond substituents is 1. The van der Waals surface area contributed by atoms with Gasteiger partial charge in [0.25, 0.3) is 5.91 Å². The fourth-order valence-electron chi connectivity index (χ4n) is 7.11. The van der Waals surface area contributed by atoms with E-state index in [0.717, 1.165) is 11.1 Å². The summed E-state index contributed by atoms with van der Waals surface area (Å²) < 4.78 is 7.12. The van der Waals surface area contributed by atoms with Crippen LogP contribution in [0.1, 0.15) is 40.7 Å². The molecule has 9 nitrogen and oxygen atoms in total. The zero-order valence-corrected chi connectivity index (χ0v) is 21.5. The number of piperidine rings is 1. The first-order chi connectivity index (χ1) is 17.3. The van der Waals surface area contributed by atoms with Gasteiger partial charge in [0.1, 0.15) is 6.10 Å². The molecular formula is C26H24IN5O4. The smallest absolute Gasteiger partial charge is 0.251 e. The number of nitrogens with zero attached hydrogens (tertiary/aromatic N) is 4. The Morgan fingerprint density at radius 1 is 1.39 bits per heavy atom. The molecule has 2 aliphatic heterocycles. The lowest BCUT2D eigenvalue weighted by atomic mass is 9.48. The molecule has 10 heteroatoms. The van der Waals surface area contributed by atoms with Crippen LogP contribution in [0.25, 0.3) is 10.4 Å². The molecule has 1 saturated heterocycles. The Labute approximate surface area is 221 Å². The lowest BCUT2D eigenvalue weighted by Crippen LogP contribution is -2.78. The second-order valence-electron chi connectivity index (χ2n) is 10.0. The monoisotopic (exact) mass is 597 g/mol. The molecule has 4 aliphatic rings. The Bertz CT molecular complexity index is 1390. The number of rotatable bonds is 4. The molecule has 0 aromatic heterocycles. The molecule has 36 heavy (non-hydrogen) atoms. The fourth-order valence-corrected chi connectivity index (χ4v) is 7.74. The van der Waals surface area contributed by atoms with Gasteiger partial charge in [0, 0.05) is 32.2 Å². The SMILES string of the molecule is C#CCN1CC[C@]23c4c5ccc(O)c4O[C@H]2[C@H](NC(=O)c2ccc(N=[N+]=[N-])c(I)c2)CC[C@@]3(O)[C@@H]1C5. The first kappa shape index (κ1) is 23.4. The maximum Gasteiger partial charge on any atom is 0.251 e. The zero-order valence-electron chi connectivity index (χ0n) is 19.3. The number of hydrogen-bond acceptors (Lipinski definition) is 6. The van der Waals surface area contributed by atoms with Gasteiger partial charge in [-0.05, 0) is 77.6 Å². The molecule has 1 amide bonds. The van der Waals surface area contributed by atoms with Crippen LogP contribution < -0.4 is 10.1 Å². The lowest BCUT2D eigenvalue weighted by Gasteiger charge is -2.64. The number of aliphatic hydroxyl groups is 1. The quantitative estimate of drug-likeness (QED) is 0.163. The maximum absolute atomic E-state index is 13.3. The third kappa shape index (κ3) is 3.03. The molecule has 5 atom stereocenters. The molecule has 2 aliphatic carbocycles. The number of likely N-dealkylation sites (tertiary alicyclic amines) is 1. The lowest BCUT2D eigenvalue weighted by molar-refractivity contribution is -0.188. The van der Waals surface area contributed by atoms with E-state index in [2.05, 4.69) is 26.2 Å². The Balaban J connectivity index is 1.39. The van der Waals surface area contributed by atoms with Crippen LogP contribution in [-0.2, 0) is 11.8 Å². The van der Waals surface area contributed by atoms with Crippen molar-refractivity contribution in [2.45, 2.75) is 54.9 Å². The summed E-state index contributed by atoms with van der Waals surface area (Å²) in [7, 11) is 0. The second kappa shape index (κ2) is 8.28. The predicted octanol–water partition coefficient (Wildman–Crippen LogP) is 3.52. The molecular weight excluding hydrogens is 573 g/mol. The van der Waals surface area contributed by atoms with Crippen LogP contribution in [-0.4, -0.2) is 57.9 Å². The molecule has 2 fully saturated rings.